The fourth-order valence-electron chi connectivity index (χ4n) is 5.32. The molecular weight excluding hydrogens is 679 g/mol. The van der Waals surface area contributed by atoms with E-state index in [0.29, 0.717) is 0 Å². The molecule has 1 aliphatic rings. The minimum absolute atomic E-state index is 0. The first-order chi connectivity index (χ1) is 21.0. The summed E-state index contributed by atoms with van der Waals surface area (Å²) >= 11 is 1.46. The van der Waals surface area contributed by atoms with Crippen LogP contribution in [-0.2, 0) is 35.1 Å². The molecule has 0 amide bonds. The number of hydrogen-bond donors (Lipinski definition) is 0. The Morgan fingerprint density at radius 2 is 1.15 bits per heavy atom. The Hall–Kier alpha value is -2.44. The molecule has 0 saturated carbocycles. The average Bonchev–Trinajstić information content (AvgIpc) is 3.67. The van der Waals surface area contributed by atoms with Crippen LogP contribution in [0.25, 0.3) is 21.5 Å². The first-order valence-corrected chi connectivity index (χ1v) is 17.3. The Labute approximate surface area is 305 Å². The van der Waals surface area contributed by atoms with Gasteiger partial charge in [0, 0.05) is 0 Å². The van der Waals surface area contributed by atoms with Gasteiger partial charge >= 0.3 is 99.2 Å². The molecule has 0 aromatic heterocycles. The summed E-state index contributed by atoms with van der Waals surface area (Å²) in [5.74, 6) is 0. The maximum atomic E-state index is 3.30. The Morgan fingerprint density at radius 1 is 0.696 bits per heavy atom. The van der Waals surface area contributed by atoms with Gasteiger partial charge in [0.25, 0.3) is 0 Å². The first-order valence-electron chi connectivity index (χ1n) is 16.1. The van der Waals surface area contributed by atoms with E-state index in [9.17, 15) is 0 Å². The van der Waals surface area contributed by atoms with Crippen LogP contribution in [0.4, 0.5) is 0 Å². The molecule has 5 aromatic rings. The number of allylic oxidation sites excluding steroid dienone is 4. The summed E-state index contributed by atoms with van der Waals surface area (Å²) in [4.78, 5) is 0. The molecule has 0 fully saturated rings. The molecule has 0 radical (unpaired) electrons. The molecule has 0 saturated heterocycles. The summed E-state index contributed by atoms with van der Waals surface area (Å²) in [6.07, 6.45) is 12.5. The third kappa shape index (κ3) is 11.1. The molecule has 0 heterocycles. The molecule has 46 heavy (non-hydrogen) atoms. The summed E-state index contributed by atoms with van der Waals surface area (Å²) in [7, 11) is 0. The van der Waals surface area contributed by atoms with E-state index >= 15 is 0 Å². The third-order valence-corrected chi connectivity index (χ3v) is 9.55. The maximum absolute atomic E-state index is 3.30. The van der Waals surface area contributed by atoms with Crippen LogP contribution in [0, 0.1) is 6.08 Å². The molecule has 0 nitrogen and oxygen atoms in total. The average molecular weight is 727 g/mol. The van der Waals surface area contributed by atoms with Crippen LogP contribution in [0.1, 0.15) is 96.4 Å². The number of fused-ring (bicyclic) bond motifs is 3. The van der Waals surface area contributed by atoms with Crippen molar-refractivity contribution in [1.29, 1.82) is 0 Å². The van der Waals surface area contributed by atoms with Crippen LogP contribution in [-0.4, -0.2) is 3.21 Å². The van der Waals surface area contributed by atoms with Crippen LogP contribution >= 0.6 is 0 Å². The van der Waals surface area contributed by atoms with Gasteiger partial charge in [-0.15, -0.1) is 46.2 Å². The zero-order valence-electron chi connectivity index (χ0n) is 28.6. The van der Waals surface area contributed by atoms with Crippen LogP contribution in [0.15, 0.2) is 121 Å². The molecule has 5 aromatic carbocycles. The predicted octanol–water partition coefficient (Wildman–Crippen LogP) is 5.98. The summed E-state index contributed by atoms with van der Waals surface area (Å²) < 4.78 is 1.42. The van der Waals surface area contributed by atoms with Gasteiger partial charge in [-0.3, -0.25) is 6.08 Å². The van der Waals surface area contributed by atoms with E-state index in [4.69, 9.17) is 0 Å². The minimum atomic E-state index is 0. The molecule has 0 bridgehead atoms. The topological polar surface area (TPSA) is 0 Å². The van der Waals surface area contributed by atoms with Crippen LogP contribution in [0.3, 0.4) is 0 Å². The van der Waals surface area contributed by atoms with Crippen molar-refractivity contribution in [3.8, 4) is 0 Å². The van der Waals surface area contributed by atoms with E-state index in [-0.39, 0.29) is 35.6 Å². The summed E-state index contributed by atoms with van der Waals surface area (Å²) in [5, 5.41) is 5.48. The fourth-order valence-corrected chi connectivity index (χ4v) is 6.14. The van der Waals surface area contributed by atoms with E-state index in [1.807, 2.05) is 0 Å². The molecular formula is C43H48Cl2Zr-2. The molecule has 0 unspecified atom stereocenters. The van der Waals surface area contributed by atoms with Gasteiger partial charge in [-0.05, 0) is 10.8 Å². The van der Waals surface area contributed by atoms with Crippen molar-refractivity contribution in [1.82, 2.24) is 0 Å². The zero-order chi connectivity index (χ0) is 31.7. The predicted molar refractivity (Wildman–Crippen MR) is 191 cm³/mol. The quantitative estimate of drug-likeness (QED) is 0.196. The Balaban J connectivity index is 0.000000256. The first kappa shape index (κ1) is 39.7. The normalized spacial score (nSPS) is 12.2. The van der Waals surface area contributed by atoms with Gasteiger partial charge in [0.1, 0.15) is 0 Å². The van der Waals surface area contributed by atoms with Gasteiger partial charge < -0.3 is 24.8 Å². The van der Waals surface area contributed by atoms with E-state index in [1.54, 1.807) is 0 Å². The molecule has 0 spiro atoms. The Kier molecular flexibility index (Phi) is 15.7. The number of benzene rings is 4. The van der Waals surface area contributed by atoms with Gasteiger partial charge in [-0.25, -0.2) is 11.6 Å². The number of hydrogen-bond acceptors (Lipinski definition) is 0. The number of unbranched alkanes of at least 4 members (excludes halogenated alkanes) is 1. The molecule has 1 aliphatic carbocycles. The molecule has 3 heteroatoms. The van der Waals surface area contributed by atoms with Crippen LogP contribution < -0.4 is 24.8 Å². The fraction of sp³-hybridized carbons (Fsp3) is 0.302. The van der Waals surface area contributed by atoms with E-state index < -0.39 is 0 Å². The van der Waals surface area contributed by atoms with Gasteiger partial charge in [-0.1, -0.05) is 103 Å². The van der Waals surface area contributed by atoms with Gasteiger partial charge in [-0.2, -0.15) is 6.08 Å². The van der Waals surface area contributed by atoms with E-state index in [1.165, 1.54) is 96.1 Å². The van der Waals surface area contributed by atoms with Gasteiger partial charge in [0.2, 0.25) is 0 Å². The second-order valence-electron chi connectivity index (χ2n) is 13.8. The van der Waals surface area contributed by atoms with Gasteiger partial charge in [0.05, 0.1) is 0 Å². The van der Waals surface area contributed by atoms with Crippen molar-refractivity contribution in [3.05, 3.63) is 149 Å². The number of halogens is 2. The van der Waals surface area contributed by atoms with Crippen molar-refractivity contribution in [2.75, 3.05) is 0 Å². The van der Waals surface area contributed by atoms with Crippen molar-refractivity contribution in [2.24, 2.45) is 0 Å². The van der Waals surface area contributed by atoms with E-state index in [0.717, 1.165) is 6.42 Å². The molecule has 240 valence electrons. The monoisotopic (exact) mass is 724 g/mol. The molecule has 0 N–H and O–H groups in total. The molecule has 0 atom stereocenters. The van der Waals surface area contributed by atoms with Crippen LogP contribution in [0.5, 0.6) is 0 Å². The van der Waals surface area contributed by atoms with E-state index in [2.05, 4.69) is 170 Å². The van der Waals surface area contributed by atoms with Crippen molar-refractivity contribution >= 4 is 24.8 Å². The Bertz CT molecular complexity index is 1620. The van der Waals surface area contributed by atoms with Crippen molar-refractivity contribution in [3.63, 3.8) is 0 Å². The van der Waals surface area contributed by atoms with Crippen molar-refractivity contribution in [2.45, 2.75) is 85.0 Å². The second-order valence-corrected chi connectivity index (χ2v) is 15.0. The Morgan fingerprint density at radius 3 is 1.52 bits per heavy atom. The second kappa shape index (κ2) is 18.2. The molecule has 6 rings (SSSR count). The van der Waals surface area contributed by atoms with Crippen LogP contribution in [0.2, 0.25) is 0 Å². The summed E-state index contributed by atoms with van der Waals surface area (Å²) in [6, 6.07) is 37.3. The summed E-state index contributed by atoms with van der Waals surface area (Å²) in [6.45, 7) is 15.9. The molecule has 0 aliphatic heterocycles. The zero-order valence-corrected chi connectivity index (χ0v) is 32.5. The van der Waals surface area contributed by atoms with Gasteiger partial charge in [0.15, 0.2) is 0 Å². The third-order valence-electron chi connectivity index (χ3n) is 8.13. The SMILES string of the molecule is CC(C)(C)c1ccc2c(c1)[cH-]c1cc(C(C)(C)C)ccc12.CCCCC1=[C-]CC=C1.[Cl-].[Cl-].[Zr+2]=[C](c1ccccc1)c1ccccc1. The van der Waals surface area contributed by atoms with Crippen molar-refractivity contribution < 1.29 is 49.0 Å². The standard InChI is InChI=1S/C21H25.C13H10.C9H13.2ClH.Zr/c1-20(2,3)16-7-9-18-14(12-16)11-15-13-17(21(4,5)6)8-10-19(15)18;1-3-7-12(8-4-1)11-13-9-5-2-6-10-13;1-2-3-6-9-7-4-5-8-9;;;/h7-13H,1-6H3;1-10H;4,7H,2-3,5-6H2,1H3;2*1H;/q-1;;-1;;;+2/p-2. The number of rotatable bonds is 5. The summed E-state index contributed by atoms with van der Waals surface area (Å²) in [5.41, 5.74) is 7.29.